The molecule has 1 aliphatic heterocycles. The summed E-state index contributed by atoms with van der Waals surface area (Å²) in [6.45, 7) is 6.59. The van der Waals surface area contributed by atoms with Crippen LogP contribution in [0.1, 0.15) is 26.7 Å². The van der Waals surface area contributed by atoms with Crippen LogP contribution in [0.2, 0.25) is 5.02 Å². The predicted octanol–water partition coefficient (Wildman–Crippen LogP) is 3.45. The molecule has 126 valence electrons. The number of benzene rings is 1. The van der Waals surface area contributed by atoms with Crippen LogP contribution >= 0.6 is 11.6 Å². The van der Waals surface area contributed by atoms with E-state index in [4.69, 9.17) is 11.6 Å². The highest BCUT2D eigenvalue weighted by atomic mass is 35.5. The Kier molecular flexibility index (Phi) is 6.28. The van der Waals surface area contributed by atoms with E-state index in [9.17, 15) is 9.59 Å². The summed E-state index contributed by atoms with van der Waals surface area (Å²) in [6, 6.07) is 6.94. The third-order valence-corrected chi connectivity index (χ3v) is 4.03. The standard InChI is InChI=1S/C17H24ClN3O2/c1-13(2)11-16(22)20-7-4-8-21(10-9-20)17(23)19-15-6-3-5-14(18)12-15/h3,5-6,12-13H,4,7-11H2,1-2H3,(H,19,23). The monoisotopic (exact) mass is 337 g/mol. The fraction of sp³-hybridized carbons (Fsp3) is 0.529. The van der Waals surface area contributed by atoms with Gasteiger partial charge in [-0.05, 0) is 30.5 Å². The van der Waals surface area contributed by atoms with E-state index in [0.29, 0.717) is 49.2 Å². The Morgan fingerprint density at radius 3 is 2.57 bits per heavy atom. The molecule has 3 amide bonds. The van der Waals surface area contributed by atoms with Crippen LogP contribution in [-0.2, 0) is 4.79 Å². The first-order chi connectivity index (χ1) is 11.0. The van der Waals surface area contributed by atoms with Crippen LogP contribution in [0.25, 0.3) is 0 Å². The van der Waals surface area contributed by atoms with Gasteiger partial charge in [-0.1, -0.05) is 31.5 Å². The number of urea groups is 1. The van der Waals surface area contributed by atoms with Gasteiger partial charge in [-0.15, -0.1) is 0 Å². The van der Waals surface area contributed by atoms with Gasteiger partial charge in [0, 0.05) is 43.3 Å². The molecule has 1 aromatic rings. The molecule has 2 rings (SSSR count). The van der Waals surface area contributed by atoms with Crippen LogP contribution in [0.15, 0.2) is 24.3 Å². The first kappa shape index (κ1) is 17.6. The summed E-state index contributed by atoms with van der Waals surface area (Å²) in [7, 11) is 0. The number of anilines is 1. The molecule has 0 bridgehead atoms. The Hall–Kier alpha value is -1.75. The van der Waals surface area contributed by atoms with Crippen molar-refractivity contribution in [3.8, 4) is 0 Å². The minimum atomic E-state index is -0.148. The highest BCUT2D eigenvalue weighted by molar-refractivity contribution is 6.30. The SMILES string of the molecule is CC(C)CC(=O)N1CCCN(C(=O)Nc2cccc(Cl)c2)CC1. The van der Waals surface area contributed by atoms with Crippen molar-refractivity contribution in [1.82, 2.24) is 9.80 Å². The van der Waals surface area contributed by atoms with E-state index in [1.807, 2.05) is 18.7 Å². The van der Waals surface area contributed by atoms with Crippen molar-refractivity contribution in [2.24, 2.45) is 5.92 Å². The molecule has 6 heteroatoms. The van der Waals surface area contributed by atoms with Crippen LogP contribution in [0.5, 0.6) is 0 Å². The van der Waals surface area contributed by atoms with Crippen molar-refractivity contribution < 1.29 is 9.59 Å². The number of carbonyl (C=O) groups excluding carboxylic acids is 2. The lowest BCUT2D eigenvalue weighted by Gasteiger charge is -2.23. The number of carbonyl (C=O) groups is 2. The van der Waals surface area contributed by atoms with Gasteiger partial charge in [-0.25, -0.2) is 4.79 Å². The van der Waals surface area contributed by atoms with Gasteiger partial charge in [0.25, 0.3) is 0 Å². The largest absolute Gasteiger partial charge is 0.341 e. The van der Waals surface area contributed by atoms with E-state index in [1.54, 1.807) is 29.2 Å². The van der Waals surface area contributed by atoms with E-state index >= 15 is 0 Å². The molecule has 5 nitrogen and oxygen atoms in total. The number of hydrogen-bond acceptors (Lipinski definition) is 2. The molecular formula is C17H24ClN3O2. The van der Waals surface area contributed by atoms with Crippen molar-refractivity contribution in [2.75, 3.05) is 31.5 Å². The number of halogens is 1. The van der Waals surface area contributed by atoms with E-state index in [-0.39, 0.29) is 11.9 Å². The molecule has 0 radical (unpaired) electrons. The maximum absolute atomic E-state index is 12.4. The second-order valence-corrected chi connectivity index (χ2v) is 6.70. The van der Waals surface area contributed by atoms with Crippen LogP contribution < -0.4 is 5.32 Å². The molecule has 1 aliphatic rings. The third kappa shape index (κ3) is 5.43. The molecule has 1 saturated heterocycles. The Labute approximate surface area is 142 Å². The Balaban J connectivity index is 1.89. The maximum atomic E-state index is 12.4. The van der Waals surface area contributed by atoms with E-state index in [1.165, 1.54) is 0 Å². The molecule has 0 aliphatic carbocycles. The van der Waals surface area contributed by atoms with Crippen molar-refractivity contribution in [1.29, 1.82) is 0 Å². The second kappa shape index (κ2) is 8.20. The van der Waals surface area contributed by atoms with Gasteiger partial charge in [-0.2, -0.15) is 0 Å². The van der Waals surface area contributed by atoms with E-state index in [0.717, 1.165) is 6.42 Å². The summed E-state index contributed by atoms with van der Waals surface area (Å²) in [5.41, 5.74) is 0.680. The maximum Gasteiger partial charge on any atom is 0.321 e. The molecule has 0 unspecified atom stereocenters. The summed E-state index contributed by atoms with van der Waals surface area (Å²) in [6.07, 6.45) is 1.36. The quantitative estimate of drug-likeness (QED) is 0.918. The summed E-state index contributed by atoms with van der Waals surface area (Å²) >= 11 is 5.93. The van der Waals surface area contributed by atoms with Crippen molar-refractivity contribution in [3.05, 3.63) is 29.3 Å². The zero-order valence-electron chi connectivity index (χ0n) is 13.7. The number of nitrogens with one attached hydrogen (secondary N) is 1. The minimum absolute atomic E-state index is 0.148. The number of nitrogens with zero attached hydrogens (tertiary/aromatic N) is 2. The van der Waals surface area contributed by atoms with Crippen molar-refractivity contribution in [3.63, 3.8) is 0 Å². The van der Waals surface area contributed by atoms with E-state index in [2.05, 4.69) is 5.32 Å². The summed E-state index contributed by atoms with van der Waals surface area (Å²) < 4.78 is 0. The van der Waals surface area contributed by atoms with Gasteiger partial charge < -0.3 is 15.1 Å². The Bertz CT molecular complexity index is 563. The fourth-order valence-electron chi connectivity index (χ4n) is 2.62. The van der Waals surface area contributed by atoms with Crippen LogP contribution in [0, 0.1) is 5.92 Å². The molecule has 0 spiro atoms. The minimum Gasteiger partial charge on any atom is -0.341 e. The highest BCUT2D eigenvalue weighted by Crippen LogP contribution is 2.16. The van der Waals surface area contributed by atoms with Crippen LogP contribution in [-0.4, -0.2) is 47.9 Å². The smallest absolute Gasteiger partial charge is 0.321 e. The molecule has 0 aromatic heterocycles. The normalized spacial score (nSPS) is 15.5. The first-order valence-electron chi connectivity index (χ1n) is 8.05. The van der Waals surface area contributed by atoms with Gasteiger partial charge in [0.2, 0.25) is 5.91 Å². The zero-order valence-corrected chi connectivity index (χ0v) is 14.5. The second-order valence-electron chi connectivity index (χ2n) is 6.26. The van der Waals surface area contributed by atoms with E-state index < -0.39 is 0 Å². The average Bonchev–Trinajstić information content (AvgIpc) is 2.72. The molecule has 0 saturated carbocycles. The lowest BCUT2D eigenvalue weighted by atomic mass is 10.1. The lowest BCUT2D eigenvalue weighted by Crippen LogP contribution is -2.39. The third-order valence-electron chi connectivity index (χ3n) is 3.79. The molecule has 0 atom stereocenters. The molecule has 1 N–H and O–H groups in total. The summed E-state index contributed by atoms with van der Waals surface area (Å²) in [5.74, 6) is 0.532. The predicted molar refractivity (Wildman–Crippen MR) is 92.7 cm³/mol. The van der Waals surface area contributed by atoms with Gasteiger partial charge in [0.05, 0.1) is 0 Å². The van der Waals surface area contributed by atoms with Gasteiger partial charge >= 0.3 is 6.03 Å². The molecule has 1 heterocycles. The number of rotatable bonds is 3. The molecule has 1 aromatic carbocycles. The lowest BCUT2D eigenvalue weighted by molar-refractivity contribution is -0.131. The summed E-state index contributed by atoms with van der Waals surface area (Å²) in [5, 5.41) is 3.44. The number of amides is 3. The zero-order chi connectivity index (χ0) is 16.8. The van der Waals surface area contributed by atoms with Gasteiger partial charge in [0.15, 0.2) is 0 Å². The van der Waals surface area contributed by atoms with Crippen molar-refractivity contribution in [2.45, 2.75) is 26.7 Å². The Morgan fingerprint density at radius 1 is 1.17 bits per heavy atom. The first-order valence-corrected chi connectivity index (χ1v) is 8.43. The number of hydrogen-bond donors (Lipinski definition) is 1. The van der Waals surface area contributed by atoms with Crippen molar-refractivity contribution >= 4 is 29.2 Å². The highest BCUT2D eigenvalue weighted by Gasteiger charge is 2.22. The van der Waals surface area contributed by atoms with Crippen LogP contribution in [0.4, 0.5) is 10.5 Å². The molecule has 23 heavy (non-hydrogen) atoms. The average molecular weight is 338 g/mol. The topological polar surface area (TPSA) is 52.7 Å². The fourth-order valence-corrected chi connectivity index (χ4v) is 2.81. The van der Waals surface area contributed by atoms with Gasteiger partial charge in [-0.3, -0.25) is 4.79 Å². The molecular weight excluding hydrogens is 314 g/mol. The van der Waals surface area contributed by atoms with Gasteiger partial charge in [0.1, 0.15) is 0 Å². The summed E-state index contributed by atoms with van der Waals surface area (Å²) in [4.78, 5) is 28.1. The Morgan fingerprint density at radius 2 is 1.87 bits per heavy atom. The molecule has 1 fully saturated rings. The van der Waals surface area contributed by atoms with Crippen LogP contribution in [0.3, 0.4) is 0 Å².